The summed E-state index contributed by atoms with van der Waals surface area (Å²) in [6, 6.07) is 16.3. The third-order valence-electron chi connectivity index (χ3n) is 4.93. The second kappa shape index (κ2) is 8.68. The molecular weight excluding hydrogens is 342 g/mol. The number of rotatable bonds is 5. The normalized spacial score (nSPS) is 14.8. The molecule has 6 nitrogen and oxygen atoms in total. The van der Waals surface area contributed by atoms with Crippen molar-refractivity contribution in [1.29, 1.82) is 0 Å². The van der Waals surface area contributed by atoms with Gasteiger partial charge in [-0.25, -0.2) is 9.59 Å². The number of likely N-dealkylation sites (N-methyl/N-ethyl adjacent to an activating group) is 1. The Hall–Kier alpha value is -2.86. The van der Waals surface area contributed by atoms with Gasteiger partial charge in [-0.05, 0) is 36.4 Å². The number of carbonyl (C=O) groups is 2. The Morgan fingerprint density at radius 1 is 0.963 bits per heavy atom. The number of aromatic carboxylic acids is 1. The number of benzene rings is 2. The van der Waals surface area contributed by atoms with E-state index in [2.05, 4.69) is 11.8 Å². The Balaban J connectivity index is 1.79. The lowest BCUT2D eigenvalue weighted by atomic mass is 10.1. The Labute approximate surface area is 159 Å². The van der Waals surface area contributed by atoms with E-state index in [1.807, 2.05) is 35.2 Å². The number of carboxylic acids is 1. The van der Waals surface area contributed by atoms with Crippen molar-refractivity contribution in [3.63, 3.8) is 0 Å². The number of hydrogen-bond donors (Lipinski definition) is 1. The van der Waals surface area contributed by atoms with Gasteiger partial charge >= 0.3 is 12.0 Å². The molecule has 1 heterocycles. The van der Waals surface area contributed by atoms with Crippen molar-refractivity contribution >= 4 is 17.7 Å². The SMILES string of the molecule is CCN1CCN(C(=O)N(Cc2ccc(C(=O)O)cc2)c2ccccc2)CC1. The van der Waals surface area contributed by atoms with E-state index in [-0.39, 0.29) is 11.6 Å². The van der Waals surface area contributed by atoms with Gasteiger partial charge in [-0.15, -0.1) is 0 Å². The van der Waals surface area contributed by atoms with Crippen LogP contribution in [-0.4, -0.2) is 59.6 Å². The molecule has 1 fully saturated rings. The third-order valence-corrected chi connectivity index (χ3v) is 4.93. The van der Waals surface area contributed by atoms with Crippen molar-refractivity contribution in [1.82, 2.24) is 9.80 Å². The molecule has 0 unspecified atom stereocenters. The predicted molar refractivity (Wildman–Crippen MR) is 105 cm³/mol. The maximum atomic E-state index is 13.2. The summed E-state index contributed by atoms with van der Waals surface area (Å²) in [7, 11) is 0. The van der Waals surface area contributed by atoms with Crippen LogP contribution in [0.25, 0.3) is 0 Å². The van der Waals surface area contributed by atoms with Gasteiger partial charge in [0.15, 0.2) is 0 Å². The fraction of sp³-hybridized carbons (Fsp3) is 0.333. The van der Waals surface area contributed by atoms with Crippen molar-refractivity contribution in [2.24, 2.45) is 0 Å². The van der Waals surface area contributed by atoms with Gasteiger partial charge < -0.3 is 14.9 Å². The number of hydrogen-bond acceptors (Lipinski definition) is 3. The largest absolute Gasteiger partial charge is 0.478 e. The van der Waals surface area contributed by atoms with Crippen LogP contribution in [0.3, 0.4) is 0 Å². The van der Waals surface area contributed by atoms with Crippen molar-refractivity contribution in [3.8, 4) is 0 Å². The molecule has 0 bridgehead atoms. The van der Waals surface area contributed by atoms with Crippen LogP contribution >= 0.6 is 0 Å². The van der Waals surface area contributed by atoms with Gasteiger partial charge in [0.25, 0.3) is 0 Å². The molecule has 2 aromatic rings. The highest BCUT2D eigenvalue weighted by Gasteiger charge is 2.26. The molecule has 0 radical (unpaired) electrons. The lowest BCUT2D eigenvalue weighted by Gasteiger charge is -2.37. The van der Waals surface area contributed by atoms with Crippen LogP contribution in [0.15, 0.2) is 54.6 Å². The predicted octanol–water partition coefficient (Wildman–Crippen LogP) is 3.15. The number of carboxylic acid groups (broad SMARTS) is 1. The molecule has 0 aliphatic carbocycles. The lowest BCUT2D eigenvalue weighted by Crippen LogP contribution is -2.52. The van der Waals surface area contributed by atoms with Gasteiger partial charge in [0.2, 0.25) is 0 Å². The Bertz CT molecular complexity index is 769. The summed E-state index contributed by atoms with van der Waals surface area (Å²) in [5, 5.41) is 9.06. The van der Waals surface area contributed by atoms with E-state index in [0.717, 1.165) is 30.9 Å². The Morgan fingerprint density at radius 2 is 1.59 bits per heavy atom. The second-order valence-corrected chi connectivity index (χ2v) is 6.63. The van der Waals surface area contributed by atoms with Gasteiger partial charge in [0, 0.05) is 31.9 Å². The van der Waals surface area contributed by atoms with Crippen molar-refractivity contribution in [2.45, 2.75) is 13.5 Å². The minimum absolute atomic E-state index is 0.0146. The van der Waals surface area contributed by atoms with Crippen LogP contribution in [0.4, 0.5) is 10.5 Å². The highest BCUT2D eigenvalue weighted by molar-refractivity contribution is 5.92. The number of carbonyl (C=O) groups excluding carboxylic acids is 1. The number of piperazine rings is 1. The summed E-state index contributed by atoms with van der Waals surface area (Å²) in [4.78, 5) is 30.2. The van der Waals surface area contributed by atoms with Gasteiger partial charge in [-0.3, -0.25) is 4.90 Å². The zero-order valence-corrected chi connectivity index (χ0v) is 15.5. The summed E-state index contributed by atoms with van der Waals surface area (Å²) < 4.78 is 0. The summed E-state index contributed by atoms with van der Waals surface area (Å²) in [5.41, 5.74) is 1.97. The lowest BCUT2D eigenvalue weighted by molar-refractivity contribution is 0.0697. The topological polar surface area (TPSA) is 64.1 Å². The molecule has 0 saturated carbocycles. The van der Waals surface area contributed by atoms with Crippen molar-refractivity contribution in [2.75, 3.05) is 37.6 Å². The van der Waals surface area contributed by atoms with Crippen LogP contribution in [0.1, 0.15) is 22.8 Å². The summed E-state index contributed by atoms with van der Waals surface area (Å²) in [6.07, 6.45) is 0. The van der Waals surface area contributed by atoms with Crippen LogP contribution < -0.4 is 4.90 Å². The molecule has 1 saturated heterocycles. The minimum Gasteiger partial charge on any atom is -0.478 e. The highest BCUT2D eigenvalue weighted by atomic mass is 16.4. The molecule has 142 valence electrons. The number of para-hydroxylation sites is 1. The summed E-state index contributed by atoms with van der Waals surface area (Å²) in [5.74, 6) is -0.952. The molecule has 2 amide bonds. The maximum absolute atomic E-state index is 13.2. The fourth-order valence-electron chi connectivity index (χ4n) is 3.24. The first kappa shape index (κ1) is 18.9. The van der Waals surface area contributed by atoms with Crippen molar-refractivity contribution in [3.05, 3.63) is 65.7 Å². The van der Waals surface area contributed by atoms with Gasteiger partial charge in [-0.1, -0.05) is 37.3 Å². The van der Waals surface area contributed by atoms with Crippen LogP contribution in [0, 0.1) is 0 Å². The minimum atomic E-state index is -0.952. The summed E-state index contributed by atoms with van der Waals surface area (Å²) in [6.45, 7) is 6.74. The Kier molecular flexibility index (Phi) is 6.08. The zero-order valence-electron chi connectivity index (χ0n) is 15.5. The number of anilines is 1. The van der Waals surface area contributed by atoms with E-state index in [1.165, 1.54) is 0 Å². The summed E-state index contributed by atoms with van der Waals surface area (Å²) >= 11 is 0. The zero-order chi connectivity index (χ0) is 19.2. The highest BCUT2D eigenvalue weighted by Crippen LogP contribution is 2.20. The maximum Gasteiger partial charge on any atom is 0.335 e. The van der Waals surface area contributed by atoms with Crippen LogP contribution in [0.2, 0.25) is 0 Å². The molecule has 0 atom stereocenters. The molecule has 1 aliphatic rings. The Morgan fingerprint density at radius 3 is 2.15 bits per heavy atom. The quantitative estimate of drug-likeness (QED) is 0.882. The molecule has 3 rings (SSSR count). The van der Waals surface area contributed by atoms with E-state index in [0.29, 0.717) is 19.6 Å². The number of nitrogens with zero attached hydrogens (tertiary/aromatic N) is 3. The molecule has 2 aromatic carbocycles. The van der Waals surface area contributed by atoms with E-state index in [4.69, 9.17) is 5.11 Å². The van der Waals surface area contributed by atoms with Crippen LogP contribution in [0.5, 0.6) is 0 Å². The average Bonchev–Trinajstić information content (AvgIpc) is 2.72. The van der Waals surface area contributed by atoms with E-state index in [1.54, 1.807) is 29.2 Å². The molecule has 0 aromatic heterocycles. The van der Waals surface area contributed by atoms with E-state index in [9.17, 15) is 9.59 Å². The van der Waals surface area contributed by atoms with Gasteiger partial charge in [-0.2, -0.15) is 0 Å². The number of urea groups is 1. The standard InChI is InChI=1S/C21H25N3O3/c1-2-22-12-14-23(15-13-22)21(27)24(19-6-4-3-5-7-19)16-17-8-10-18(11-9-17)20(25)26/h3-11H,2,12-16H2,1H3,(H,25,26). The molecule has 0 spiro atoms. The fourth-order valence-corrected chi connectivity index (χ4v) is 3.24. The molecule has 1 N–H and O–H groups in total. The van der Waals surface area contributed by atoms with Crippen LogP contribution in [-0.2, 0) is 6.54 Å². The van der Waals surface area contributed by atoms with Crippen molar-refractivity contribution < 1.29 is 14.7 Å². The third kappa shape index (κ3) is 4.65. The molecule has 6 heteroatoms. The molecular formula is C21H25N3O3. The first-order valence-corrected chi connectivity index (χ1v) is 9.24. The monoisotopic (exact) mass is 367 g/mol. The van der Waals surface area contributed by atoms with E-state index < -0.39 is 5.97 Å². The second-order valence-electron chi connectivity index (χ2n) is 6.63. The average molecular weight is 367 g/mol. The van der Waals surface area contributed by atoms with Gasteiger partial charge in [0.1, 0.15) is 0 Å². The van der Waals surface area contributed by atoms with E-state index >= 15 is 0 Å². The van der Waals surface area contributed by atoms with Gasteiger partial charge in [0.05, 0.1) is 12.1 Å². The molecule has 27 heavy (non-hydrogen) atoms. The number of amides is 2. The first-order chi connectivity index (χ1) is 13.1. The smallest absolute Gasteiger partial charge is 0.335 e. The molecule has 1 aliphatic heterocycles. The first-order valence-electron chi connectivity index (χ1n) is 9.24.